The molecule has 0 saturated carbocycles. The molecule has 1 rings (SSSR count). The van der Waals surface area contributed by atoms with Crippen LogP contribution >= 0.6 is 0 Å². The Morgan fingerprint density at radius 3 is 2.67 bits per heavy atom. The predicted octanol–water partition coefficient (Wildman–Crippen LogP) is 1.67. The summed E-state index contributed by atoms with van der Waals surface area (Å²) < 4.78 is 12.6. The zero-order valence-electron chi connectivity index (χ0n) is 8.24. The molecule has 3 N–H and O–H groups in total. The Bertz CT molecular complexity index is 348. The van der Waals surface area contributed by atoms with E-state index in [1.165, 1.54) is 24.3 Å². The van der Waals surface area contributed by atoms with Gasteiger partial charge >= 0.3 is 0 Å². The van der Waals surface area contributed by atoms with E-state index < -0.39 is 6.04 Å². The topological polar surface area (TPSA) is 55.1 Å². The summed E-state index contributed by atoms with van der Waals surface area (Å²) in [6.45, 7) is 3.49. The minimum absolute atomic E-state index is 0.304. The predicted molar refractivity (Wildman–Crippen MR) is 57.8 cm³/mol. The van der Waals surface area contributed by atoms with Crippen LogP contribution in [0.4, 0.5) is 10.1 Å². The van der Waals surface area contributed by atoms with Gasteiger partial charge in [-0.15, -0.1) is 6.58 Å². The molecule has 0 heterocycles. The van der Waals surface area contributed by atoms with Gasteiger partial charge < -0.3 is 11.1 Å². The maximum atomic E-state index is 12.6. The number of rotatable bonds is 4. The largest absolute Gasteiger partial charge is 0.325 e. The van der Waals surface area contributed by atoms with Crippen molar-refractivity contribution in [3.63, 3.8) is 0 Å². The number of carbonyl (C=O) groups is 1. The molecule has 3 nitrogen and oxygen atoms in total. The van der Waals surface area contributed by atoms with Gasteiger partial charge in [-0.1, -0.05) is 6.08 Å². The molecule has 1 aromatic carbocycles. The van der Waals surface area contributed by atoms with Crippen LogP contribution in [0.25, 0.3) is 0 Å². The highest BCUT2D eigenvalue weighted by molar-refractivity contribution is 5.94. The first kappa shape index (κ1) is 11.4. The molecular weight excluding hydrogens is 195 g/mol. The zero-order chi connectivity index (χ0) is 11.3. The van der Waals surface area contributed by atoms with Crippen LogP contribution in [0.3, 0.4) is 0 Å². The molecule has 1 aromatic rings. The van der Waals surface area contributed by atoms with Gasteiger partial charge in [0.2, 0.25) is 5.91 Å². The summed E-state index contributed by atoms with van der Waals surface area (Å²) in [5.74, 6) is -0.648. The lowest BCUT2D eigenvalue weighted by Gasteiger charge is -2.09. The van der Waals surface area contributed by atoms with Crippen molar-refractivity contribution < 1.29 is 9.18 Å². The van der Waals surface area contributed by atoms with E-state index in [2.05, 4.69) is 11.9 Å². The van der Waals surface area contributed by atoms with Crippen molar-refractivity contribution in [1.29, 1.82) is 0 Å². The molecule has 1 atom stereocenters. The third kappa shape index (κ3) is 3.52. The second-order valence-corrected chi connectivity index (χ2v) is 3.13. The van der Waals surface area contributed by atoms with Gasteiger partial charge in [-0.25, -0.2) is 4.39 Å². The van der Waals surface area contributed by atoms with Crippen molar-refractivity contribution in [2.24, 2.45) is 5.73 Å². The average molecular weight is 208 g/mol. The van der Waals surface area contributed by atoms with Crippen LogP contribution in [0.15, 0.2) is 36.9 Å². The van der Waals surface area contributed by atoms with Crippen molar-refractivity contribution in [1.82, 2.24) is 0 Å². The smallest absolute Gasteiger partial charge is 0.241 e. The fourth-order valence-electron chi connectivity index (χ4n) is 1.05. The molecule has 1 amide bonds. The molecule has 0 aliphatic rings. The fraction of sp³-hybridized carbons (Fsp3) is 0.182. The van der Waals surface area contributed by atoms with Gasteiger partial charge in [-0.3, -0.25) is 4.79 Å². The minimum atomic E-state index is -0.618. The lowest BCUT2D eigenvalue weighted by atomic mass is 10.2. The van der Waals surface area contributed by atoms with Crippen LogP contribution in [-0.4, -0.2) is 11.9 Å². The van der Waals surface area contributed by atoms with Crippen molar-refractivity contribution in [3.8, 4) is 0 Å². The third-order valence-corrected chi connectivity index (χ3v) is 1.87. The highest BCUT2D eigenvalue weighted by atomic mass is 19.1. The quantitative estimate of drug-likeness (QED) is 0.739. The van der Waals surface area contributed by atoms with Crippen LogP contribution in [0.2, 0.25) is 0 Å². The van der Waals surface area contributed by atoms with Crippen LogP contribution in [0, 0.1) is 5.82 Å². The number of carbonyl (C=O) groups excluding carboxylic acids is 1. The zero-order valence-corrected chi connectivity index (χ0v) is 8.24. The molecule has 0 saturated heterocycles. The molecule has 0 aromatic heterocycles. The highest BCUT2D eigenvalue weighted by Crippen LogP contribution is 2.08. The number of hydrogen-bond acceptors (Lipinski definition) is 2. The van der Waals surface area contributed by atoms with E-state index >= 15 is 0 Å². The summed E-state index contributed by atoms with van der Waals surface area (Å²) >= 11 is 0. The molecule has 0 bridgehead atoms. The van der Waals surface area contributed by atoms with Gasteiger partial charge in [0, 0.05) is 5.69 Å². The molecule has 1 unspecified atom stereocenters. The Morgan fingerprint density at radius 1 is 1.53 bits per heavy atom. The SMILES string of the molecule is C=CCC(N)C(=O)Nc1ccc(F)cc1. The summed E-state index contributed by atoms with van der Waals surface area (Å²) in [7, 11) is 0. The number of amides is 1. The van der Waals surface area contributed by atoms with E-state index in [9.17, 15) is 9.18 Å². The van der Waals surface area contributed by atoms with Gasteiger partial charge in [-0.05, 0) is 30.7 Å². The van der Waals surface area contributed by atoms with Gasteiger partial charge in [0.05, 0.1) is 6.04 Å². The summed E-state index contributed by atoms with van der Waals surface area (Å²) in [6.07, 6.45) is 1.99. The molecule has 0 radical (unpaired) electrons. The maximum Gasteiger partial charge on any atom is 0.241 e. The monoisotopic (exact) mass is 208 g/mol. The number of anilines is 1. The first-order valence-corrected chi connectivity index (χ1v) is 4.56. The van der Waals surface area contributed by atoms with E-state index in [4.69, 9.17) is 5.73 Å². The van der Waals surface area contributed by atoms with Gasteiger partial charge in [0.25, 0.3) is 0 Å². The normalized spacial score (nSPS) is 11.9. The number of hydrogen-bond donors (Lipinski definition) is 2. The Labute approximate surface area is 87.8 Å². The molecule has 15 heavy (non-hydrogen) atoms. The number of nitrogens with one attached hydrogen (secondary N) is 1. The van der Waals surface area contributed by atoms with Crippen LogP contribution in [0.5, 0.6) is 0 Å². The molecule has 0 aliphatic carbocycles. The molecule has 0 fully saturated rings. The van der Waals surface area contributed by atoms with Gasteiger partial charge in [-0.2, -0.15) is 0 Å². The number of nitrogens with two attached hydrogens (primary N) is 1. The van der Waals surface area contributed by atoms with E-state index in [1.54, 1.807) is 6.08 Å². The van der Waals surface area contributed by atoms with E-state index in [0.717, 1.165) is 0 Å². The molecule has 0 aliphatic heterocycles. The van der Waals surface area contributed by atoms with Crippen molar-refractivity contribution in [2.75, 3.05) is 5.32 Å². The van der Waals surface area contributed by atoms with Crippen LogP contribution < -0.4 is 11.1 Å². The minimum Gasteiger partial charge on any atom is -0.325 e. The van der Waals surface area contributed by atoms with Crippen molar-refractivity contribution >= 4 is 11.6 Å². The van der Waals surface area contributed by atoms with Gasteiger partial charge in [0.15, 0.2) is 0 Å². The molecule has 4 heteroatoms. The maximum absolute atomic E-state index is 12.6. The highest BCUT2D eigenvalue weighted by Gasteiger charge is 2.11. The number of benzene rings is 1. The lowest BCUT2D eigenvalue weighted by Crippen LogP contribution is -2.35. The number of halogens is 1. The van der Waals surface area contributed by atoms with E-state index in [1.807, 2.05) is 0 Å². The standard InChI is InChI=1S/C11H13FN2O/c1-2-3-10(13)11(15)14-9-6-4-8(12)5-7-9/h2,4-7,10H,1,3,13H2,(H,14,15). The van der Waals surface area contributed by atoms with Crippen LogP contribution in [0.1, 0.15) is 6.42 Å². The van der Waals surface area contributed by atoms with E-state index in [0.29, 0.717) is 12.1 Å². The van der Waals surface area contributed by atoms with Crippen LogP contribution in [-0.2, 0) is 4.79 Å². The summed E-state index contributed by atoms with van der Waals surface area (Å²) in [5, 5.41) is 2.58. The summed E-state index contributed by atoms with van der Waals surface area (Å²) in [6, 6.07) is 4.89. The molecule has 80 valence electrons. The second-order valence-electron chi connectivity index (χ2n) is 3.13. The fourth-order valence-corrected chi connectivity index (χ4v) is 1.05. The Morgan fingerprint density at radius 2 is 2.13 bits per heavy atom. The first-order valence-electron chi connectivity index (χ1n) is 4.56. The molecular formula is C11H13FN2O. The van der Waals surface area contributed by atoms with E-state index in [-0.39, 0.29) is 11.7 Å². The first-order chi connectivity index (χ1) is 7.13. The Balaban J connectivity index is 2.58. The summed E-state index contributed by atoms with van der Waals surface area (Å²) in [5.41, 5.74) is 6.08. The van der Waals surface area contributed by atoms with Crippen molar-refractivity contribution in [2.45, 2.75) is 12.5 Å². The lowest BCUT2D eigenvalue weighted by molar-refractivity contribution is -0.117. The molecule has 0 spiro atoms. The third-order valence-electron chi connectivity index (χ3n) is 1.87. The van der Waals surface area contributed by atoms with Crippen molar-refractivity contribution in [3.05, 3.63) is 42.7 Å². The Kier molecular flexibility index (Phi) is 4.00. The summed E-state index contributed by atoms with van der Waals surface area (Å²) in [4.78, 5) is 11.4. The van der Waals surface area contributed by atoms with Gasteiger partial charge in [0.1, 0.15) is 5.82 Å². The average Bonchev–Trinajstić information content (AvgIpc) is 2.22. The Hall–Kier alpha value is -1.68. The second kappa shape index (κ2) is 5.26.